The van der Waals surface area contributed by atoms with Crippen molar-refractivity contribution in [1.82, 2.24) is 19.8 Å². The fraction of sp³-hybridized carbons (Fsp3) is 0.368. The van der Waals surface area contributed by atoms with Crippen LogP contribution in [0.5, 0.6) is 0 Å². The summed E-state index contributed by atoms with van der Waals surface area (Å²) in [5.74, 6) is 1.02. The third-order valence-electron chi connectivity index (χ3n) is 5.05. The standard InChI is InChI=1S/C19H21N5O2S/c1-12-5-4-6-18(24-19(25)23(3)21-22-24)17(12)10-26-20-13(2)15-9-16(15)14-7-8-27-11-14/h4-8,11,15-16H,9-10H2,1-3H3. The zero-order chi connectivity index (χ0) is 19.0. The molecule has 0 N–H and O–H groups in total. The summed E-state index contributed by atoms with van der Waals surface area (Å²) < 4.78 is 2.49. The van der Waals surface area contributed by atoms with Crippen LogP contribution in [-0.4, -0.2) is 25.5 Å². The van der Waals surface area contributed by atoms with Crippen molar-refractivity contribution in [2.75, 3.05) is 0 Å². The highest BCUT2D eigenvalue weighted by Crippen LogP contribution is 2.48. The zero-order valence-corrected chi connectivity index (χ0v) is 16.3. The van der Waals surface area contributed by atoms with Crippen LogP contribution in [0, 0.1) is 12.8 Å². The maximum atomic E-state index is 12.2. The number of hydrogen-bond acceptors (Lipinski definition) is 6. The van der Waals surface area contributed by atoms with Crippen molar-refractivity contribution in [2.45, 2.75) is 32.8 Å². The molecule has 1 fully saturated rings. The van der Waals surface area contributed by atoms with Gasteiger partial charge in [-0.3, -0.25) is 0 Å². The Labute approximate surface area is 160 Å². The van der Waals surface area contributed by atoms with Gasteiger partial charge in [0.1, 0.15) is 6.61 Å². The second kappa shape index (κ2) is 7.11. The highest BCUT2D eigenvalue weighted by atomic mass is 32.1. The SMILES string of the molecule is CC(=NOCc1c(C)cccc1-n1nnn(C)c1=O)C1CC1c1ccsc1. The van der Waals surface area contributed by atoms with E-state index in [9.17, 15) is 4.79 Å². The first-order chi connectivity index (χ1) is 13.1. The maximum Gasteiger partial charge on any atom is 0.368 e. The molecule has 1 saturated carbocycles. The molecule has 2 heterocycles. The molecule has 2 unspecified atom stereocenters. The van der Waals surface area contributed by atoms with E-state index in [4.69, 9.17) is 4.84 Å². The number of rotatable bonds is 6. The topological polar surface area (TPSA) is 74.3 Å². The smallest absolute Gasteiger partial charge is 0.368 e. The van der Waals surface area contributed by atoms with E-state index in [0.29, 0.717) is 17.5 Å². The third-order valence-corrected chi connectivity index (χ3v) is 5.75. The molecule has 2 atom stereocenters. The van der Waals surface area contributed by atoms with Crippen LogP contribution in [0.1, 0.15) is 36.0 Å². The highest BCUT2D eigenvalue weighted by molar-refractivity contribution is 7.08. The van der Waals surface area contributed by atoms with E-state index in [1.54, 1.807) is 18.4 Å². The van der Waals surface area contributed by atoms with E-state index in [2.05, 4.69) is 32.4 Å². The lowest BCUT2D eigenvalue weighted by atomic mass is 10.1. The molecule has 1 aliphatic rings. The summed E-state index contributed by atoms with van der Waals surface area (Å²) in [5, 5.41) is 16.4. The number of aromatic nitrogens is 4. The van der Waals surface area contributed by atoms with E-state index in [-0.39, 0.29) is 12.3 Å². The minimum absolute atomic E-state index is 0.276. The van der Waals surface area contributed by atoms with E-state index < -0.39 is 0 Å². The molecule has 2 aromatic heterocycles. The Balaban J connectivity index is 1.49. The van der Waals surface area contributed by atoms with Crippen LogP contribution in [0.25, 0.3) is 5.69 Å². The van der Waals surface area contributed by atoms with Gasteiger partial charge >= 0.3 is 5.69 Å². The molecule has 27 heavy (non-hydrogen) atoms. The molecule has 0 amide bonds. The molecular formula is C19H21N5O2S. The number of benzene rings is 1. The minimum Gasteiger partial charge on any atom is -0.391 e. The number of tetrazole rings is 1. The summed E-state index contributed by atoms with van der Waals surface area (Å²) >= 11 is 1.73. The molecule has 0 radical (unpaired) electrons. The van der Waals surface area contributed by atoms with E-state index in [0.717, 1.165) is 23.3 Å². The largest absolute Gasteiger partial charge is 0.391 e. The van der Waals surface area contributed by atoms with Gasteiger partial charge in [0.15, 0.2) is 0 Å². The van der Waals surface area contributed by atoms with Gasteiger partial charge in [-0.15, -0.1) is 0 Å². The fourth-order valence-corrected chi connectivity index (χ4v) is 4.04. The Kier molecular flexibility index (Phi) is 4.65. The molecule has 8 heteroatoms. The van der Waals surface area contributed by atoms with Gasteiger partial charge in [-0.1, -0.05) is 17.3 Å². The molecule has 1 aliphatic carbocycles. The Hall–Kier alpha value is -2.74. The van der Waals surface area contributed by atoms with Crippen LogP contribution in [0.2, 0.25) is 0 Å². The van der Waals surface area contributed by atoms with Crippen molar-refractivity contribution in [3.63, 3.8) is 0 Å². The van der Waals surface area contributed by atoms with Gasteiger partial charge in [0.2, 0.25) is 0 Å². The molecular weight excluding hydrogens is 362 g/mol. The lowest BCUT2D eigenvalue weighted by molar-refractivity contribution is 0.129. The van der Waals surface area contributed by atoms with E-state index in [1.807, 2.05) is 32.0 Å². The second-order valence-corrected chi connectivity index (χ2v) is 7.66. The van der Waals surface area contributed by atoms with Crippen molar-refractivity contribution in [1.29, 1.82) is 0 Å². The summed E-state index contributed by atoms with van der Waals surface area (Å²) in [6.07, 6.45) is 1.13. The normalized spacial score (nSPS) is 19.3. The van der Waals surface area contributed by atoms with Gasteiger partial charge in [0.25, 0.3) is 0 Å². The summed E-state index contributed by atoms with van der Waals surface area (Å²) in [6.45, 7) is 4.27. The average Bonchev–Trinajstić information content (AvgIpc) is 3.13. The van der Waals surface area contributed by atoms with Gasteiger partial charge in [-0.05, 0) is 70.6 Å². The number of nitrogens with zero attached hydrogens (tertiary/aromatic N) is 5. The summed E-state index contributed by atoms with van der Waals surface area (Å²) in [7, 11) is 1.57. The second-order valence-electron chi connectivity index (χ2n) is 6.88. The Bertz CT molecular complexity index is 1030. The quantitative estimate of drug-likeness (QED) is 0.484. The summed E-state index contributed by atoms with van der Waals surface area (Å²) in [4.78, 5) is 17.9. The number of oxime groups is 1. The molecule has 7 nitrogen and oxygen atoms in total. The predicted octanol–water partition coefficient (Wildman–Crippen LogP) is 3.03. The molecule has 0 saturated heterocycles. The Morgan fingerprint density at radius 3 is 2.93 bits per heavy atom. The Morgan fingerprint density at radius 2 is 2.22 bits per heavy atom. The van der Waals surface area contributed by atoms with Crippen LogP contribution in [-0.2, 0) is 18.5 Å². The van der Waals surface area contributed by atoms with Crippen LogP contribution in [0.15, 0.2) is 45.0 Å². The first-order valence-electron chi connectivity index (χ1n) is 8.82. The predicted molar refractivity (Wildman–Crippen MR) is 104 cm³/mol. The molecule has 1 aromatic carbocycles. The van der Waals surface area contributed by atoms with Gasteiger partial charge in [0, 0.05) is 18.5 Å². The van der Waals surface area contributed by atoms with Crippen LogP contribution < -0.4 is 5.69 Å². The van der Waals surface area contributed by atoms with Crippen molar-refractivity contribution in [3.05, 3.63) is 62.2 Å². The monoisotopic (exact) mass is 383 g/mol. The highest BCUT2D eigenvalue weighted by Gasteiger charge is 2.41. The average molecular weight is 383 g/mol. The molecule has 140 valence electrons. The first kappa shape index (κ1) is 17.7. The third kappa shape index (κ3) is 3.44. The van der Waals surface area contributed by atoms with Crippen molar-refractivity contribution >= 4 is 17.0 Å². The number of aryl methyl sites for hydroxylation is 2. The first-order valence-corrected chi connectivity index (χ1v) is 9.77. The Morgan fingerprint density at radius 1 is 1.37 bits per heavy atom. The number of thiophene rings is 1. The maximum absolute atomic E-state index is 12.2. The van der Waals surface area contributed by atoms with Crippen LogP contribution in [0.3, 0.4) is 0 Å². The van der Waals surface area contributed by atoms with Crippen molar-refractivity contribution in [2.24, 2.45) is 18.1 Å². The lowest BCUT2D eigenvalue weighted by Gasteiger charge is -2.10. The molecule has 0 aliphatic heterocycles. The van der Waals surface area contributed by atoms with Crippen LogP contribution in [0.4, 0.5) is 0 Å². The minimum atomic E-state index is -0.293. The fourth-order valence-electron chi connectivity index (χ4n) is 3.32. The zero-order valence-electron chi connectivity index (χ0n) is 15.5. The molecule has 0 bridgehead atoms. The van der Waals surface area contributed by atoms with Gasteiger partial charge < -0.3 is 4.84 Å². The van der Waals surface area contributed by atoms with Gasteiger partial charge in [-0.2, -0.15) is 20.7 Å². The van der Waals surface area contributed by atoms with Gasteiger partial charge in [-0.25, -0.2) is 4.79 Å². The van der Waals surface area contributed by atoms with E-state index >= 15 is 0 Å². The van der Waals surface area contributed by atoms with Gasteiger partial charge in [0.05, 0.1) is 11.4 Å². The van der Waals surface area contributed by atoms with E-state index in [1.165, 1.54) is 14.9 Å². The summed E-state index contributed by atoms with van der Waals surface area (Å²) in [5.41, 5.74) is 4.67. The molecule has 4 rings (SSSR count). The molecule has 0 spiro atoms. The van der Waals surface area contributed by atoms with Crippen molar-refractivity contribution < 1.29 is 4.84 Å². The van der Waals surface area contributed by atoms with Crippen molar-refractivity contribution in [3.8, 4) is 5.69 Å². The number of hydrogen-bond donors (Lipinski definition) is 0. The van der Waals surface area contributed by atoms with Crippen LogP contribution >= 0.6 is 11.3 Å². The lowest BCUT2D eigenvalue weighted by Crippen LogP contribution is -2.23. The molecule has 3 aromatic rings. The summed E-state index contributed by atoms with van der Waals surface area (Å²) in [6, 6.07) is 7.89.